The fourth-order valence-corrected chi connectivity index (χ4v) is 3.67. The Morgan fingerprint density at radius 1 is 0.788 bits per heavy atom. The van der Waals surface area contributed by atoms with Crippen molar-refractivity contribution < 1.29 is 19.5 Å². The summed E-state index contributed by atoms with van der Waals surface area (Å²) in [5.41, 5.74) is 7.31. The minimum atomic E-state index is -0.833. The van der Waals surface area contributed by atoms with Gasteiger partial charge in [-0.3, -0.25) is 19.8 Å². The second-order valence-electron chi connectivity index (χ2n) is 7.62. The predicted octanol–water partition coefficient (Wildman–Crippen LogP) is 2.81. The fraction of sp³-hybridized carbons (Fsp3) is 0.200. The monoisotopic (exact) mass is 446 g/mol. The summed E-state index contributed by atoms with van der Waals surface area (Å²) in [6, 6.07) is 20.4. The minimum Gasteiger partial charge on any atom is -0.481 e. The maximum absolute atomic E-state index is 13.1. The molecule has 2 amide bonds. The lowest BCUT2D eigenvalue weighted by molar-refractivity contribution is -0.134. The lowest BCUT2D eigenvalue weighted by atomic mass is 10.0. The number of carboxylic acid groups (broad SMARTS) is 1. The summed E-state index contributed by atoms with van der Waals surface area (Å²) in [4.78, 5) is 38.4. The van der Waals surface area contributed by atoms with Crippen LogP contribution in [0.3, 0.4) is 0 Å². The third kappa shape index (κ3) is 5.74. The maximum Gasteiger partial charge on any atom is 0.300 e. The van der Waals surface area contributed by atoms with E-state index in [1.54, 1.807) is 29.2 Å². The molecule has 0 unspecified atom stereocenters. The molecule has 0 radical (unpaired) electrons. The van der Waals surface area contributed by atoms with Crippen molar-refractivity contribution in [2.45, 2.75) is 6.92 Å². The van der Waals surface area contributed by atoms with Crippen molar-refractivity contribution in [2.24, 2.45) is 5.73 Å². The molecular weight excluding hydrogens is 420 g/mol. The van der Waals surface area contributed by atoms with Gasteiger partial charge in [0.1, 0.15) is 5.84 Å². The molecular formula is C25H26N4O4. The van der Waals surface area contributed by atoms with Crippen LogP contribution in [-0.4, -0.2) is 64.7 Å². The topological polar surface area (TPSA) is 128 Å². The van der Waals surface area contributed by atoms with Gasteiger partial charge in [0, 0.05) is 49.8 Å². The van der Waals surface area contributed by atoms with Crippen LogP contribution in [0.2, 0.25) is 0 Å². The van der Waals surface area contributed by atoms with Gasteiger partial charge in [-0.2, -0.15) is 0 Å². The molecule has 8 heteroatoms. The van der Waals surface area contributed by atoms with Gasteiger partial charge in [0.25, 0.3) is 17.8 Å². The molecule has 3 aromatic rings. The summed E-state index contributed by atoms with van der Waals surface area (Å²) in [5, 5.41) is 16.8. The van der Waals surface area contributed by atoms with Crippen LogP contribution >= 0.6 is 0 Å². The number of amides is 2. The molecule has 1 aliphatic heterocycles. The first-order valence-corrected chi connectivity index (χ1v) is 10.5. The Balaban J connectivity index is 0.000000709. The molecule has 1 aliphatic rings. The number of amidine groups is 1. The van der Waals surface area contributed by atoms with Crippen LogP contribution in [-0.2, 0) is 4.79 Å². The zero-order valence-corrected chi connectivity index (χ0v) is 18.3. The summed E-state index contributed by atoms with van der Waals surface area (Å²) in [6.45, 7) is 3.06. The predicted molar refractivity (Wildman–Crippen MR) is 127 cm³/mol. The number of carboxylic acids is 1. The van der Waals surface area contributed by atoms with Gasteiger partial charge in [-0.05, 0) is 29.0 Å². The first-order valence-electron chi connectivity index (χ1n) is 10.5. The van der Waals surface area contributed by atoms with Crippen LogP contribution < -0.4 is 5.73 Å². The highest BCUT2D eigenvalue weighted by atomic mass is 16.4. The van der Waals surface area contributed by atoms with E-state index >= 15 is 0 Å². The molecule has 170 valence electrons. The molecule has 0 aliphatic carbocycles. The van der Waals surface area contributed by atoms with Gasteiger partial charge >= 0.3 is 0 Å². The Kier molecular flexibility index (Phi) is 7.40. The van der Waals surface area contributed by atoms with Crippen molar-refractivity contribution in [2.75, 3.05) is 26.2 Å². The zero-order chi connectivity index (χ0) is 24.0. The average Bonchev–Trinajstić information content (AvgIpc) is 2.82. The number of carbonyl (C=O) groups is 3. The highest BCUT2D eigenvalue weighted by molar-refractivity contribution is 6.07. The van der Waals surface area contributed by atoms with Crippen LogP contribution in [0.25, 0.3) is 10.8 Å². The largest absolute Gasteiger partial charge is 0.481 e. The number of hydrogen-bond donors (Lipinski definition) is 3. The lowest BCUT2D eigenvalue weighted by Crippen LogP contribution is -2.50. The van der Waals surface area contributed by atoms with Crippen LogP contribution in [0.5, 0.6) is 0 Å². The SMILES string of the molecule is CC(=O)O.N=C(N)c1ccc(C(=O)N2CCN(C(=O)c3cccc4ccccc34)CC2)cc1. The minimum absolute atomic E-state index is 0.000268. The summed E-state index contributed by atoms with van der Waals surface area (Å²) in [6.07, 6.45) is 0. The molecule has 1 fully saturated rings. The molecule has 0 bridgehead atoms. The summed E-state index contributed by atoms with van der Waals surface area (Å²) < 4.78 is 0. The third-order valence-electron chi connectivity index (χ3n) is 5.32. The number of fused-ring (bicyclic) bond motifs is 1. The molecule has 8 nitrogen and oxygen atoms in total. The second kappa shape index (κ2) is 10.4. The zero-order valence-electron chi connectivity index (χ0n) is 18.3. The number of carbonyl (C=O) groups excluding carboxylic acids is 2. The van der Waals surface area contributed by atoms with Crippen LogP contribution in [0.4, 0.5) is 0 Å². The highest BCUT2D eigenvalue weighted by Crippen LogP contribution is 2.21. The second-order valence-corrected chi connectivity index (χ2v) is 7.62. The number of nitrogens with two attached hydrogens (primary N) is 1. The Hall–Kier alpha value is -4.20. The van der Waals surface area contributed by atoms with Crippen molar-refractivity contribution >= 4 is 34.4 Å². The van der Waals surface area contributed by atoms with Gasteiger partial charge in [0.05, 0.1) is 0 Å². The Labute approximate surface area is 191 Å². The Morgan fingerprint density at radius 2 is 1.27 bits per heavy atom. The molecule has 1 saturated heterocycles. The smallest absolute Gasteiger partial charge is 0.300 e. The highest BCUT2D eigenvalue weighted by Gasteiger charge is 2.26. The first kappa shape index (κ1) is 23.5. The van der Waals surface area contributed by atoms with Crippen molar-refractivity contribution in [1.29, 1.82) is 5.41 Å². The molecule has 0 atom stereocenters. The van der Waals surface area contributed by atoms with Crippen LogP contribution in [0, 0.1) is 5.41 Å². The van der Waals surface area contributed by atoms with Gasteiger partial charge < -0.3 is 20.6 Å². The number of nitrogens with zero attached hydrogens (tertiary/aromatic N) is 2. The van der Waals surface area contributed by atoms with E-state index in [1.165, 1.54) is 0 Å². The Morgan fingerprint density at radius 3 is 1.85 bits per heavy atom. The van der Waals surface area contributed by atoms with E-state index in [9.17, 15) is 9.59 Å². The van der Waals surface area contributed by atoms with Crippen molar-refractivity contribution in [1.82, 2.24) is 9.80 Å². The van der Waals surface area contributed by atoms with Crippen LogP contribution in [0.1, 0.15) is 33.2 Å². The molecule has 3 aromatic carbocycles. The van der Waals surface area contributed by atoms with E-state index in [0.717, 1.165) is 17.7 Å². The van der Waals surface area contributed by atoms with E-state index in [-0.39, 0.29) is 17.6 Å². The van der Waals surface area contributed by atoms with Gasteiger partial charge in [0.15, 0.2) is 0 Å². The average molecular weight is 447 g/mol. The number of aliphatic carboxylic acids is 1. The summed E-state index contributed by atoms with van der Waals surface area (Å²) >= 11 is 0. The van der Waals surface area contributed by atoms with Gasteiger partial charge in [-0.15, -0.1) is 0 Å². The molecule has 4 rings (SSSR count). The van der Waals surface area contributed by atoms with E-state index in [4.69, 9.17) is 21.0 Å². The maximum atomic E-state index is 13.1. The first-order chi connectivity index (χ1) is 15.8. The number of benzene rings is 3. The van der Waals surface area contributed by atoms with E-state index in [1.807, 2.05) is 47.4 Å². The fourth-order valence-electron chi connectivity index (χ4n) is 3.67. The quantitative estimate of drug-likeness (QED) is 0.421. The number of rotatable bonds is 3. The van der Waals surface area contributed by atoms with Gasteiger partial charge in [0.2, 0.25) is 0 Å². The number of hydrogen-bond acceptors (Lipinski definition) is 4. The van der Waals surface area contributed by atoms with Crippen molar-refractivity contribution in [3.8, 4) is 0 Å². The molecule has 0 saturated carbocycles. The lowest BCUT2D eigenvalue weighted by Gasteiger charge is -2.35. The van der Waals surface area contributed by atoms with Gasteiger partial charge in [-0.25, -0.2) is 0 Å². The summed E-state index contributed by atoms with van der Waals surface area (Å²) in [7, 11) is 0. The van der Waals surface area contributed by atoms with Gasteiger partial charge in [-0.1, -0.05) is 48.5 Å². The van der Waals surface area contributed by atoms with Crippen molar-refractivity contribution in [3.63, 3.8) is 0 Å². The molecule has 4 N–H and O–H groups in total. The van der Waals surface area contributed by atoms with E-state index in [0.29, 0.717) is 42.9 Å². The number of nitrogen functional groups attached to an aromatic ring is 1. The van der Waals surface area contributed by atoms with Crippen LogP contribution in [0.15, 0.2) is 66.7 Å². The third-order valence-corrected chi connectivity index (χ3v) is 5.32. The number of nitrogens with one attached hydrogen (secondary N) is 1. The number of piperazine rings is 1. The molecule has 0 aromatic heterocycles. The Bertz CT molecular complexity index is 1170. The molecule has 33 heavy (non-hydrogen) atoms. The van der Waals surface area contributed by atoms with Crippen molar-refractivity contribution in [3.05, 3.63) is 83.4 Å². The molecule has 1 heterocycles. The summed E-state index contributed by atoms with van der Waals surface area (Å²) in [5.74, 6) is -0.929. The normalized spacial score (nSPS) is 13.1. The van der Waals surface area contributed by atoms with E-state index < -0.39 is 5.97 Å². The molecule has 0 spiro atoms. The van der Waals surface area contributed by atoms with E-state index in [2.05, 4.69) is 0 Å². The standard InChI is InChI=1S/C23H22N4O2.C2H4O2/c24-21(25)17-8-10-18(11-9-17)22(28)26-12-14-27(15-13-26)23(29)20-7-3-5-16-4-1-2-6-19(16)20;1-2(3)4/h1-11H,12-15H2,(H3,24,25);1H3,(H,3,4).